The summed E-state index contributed by atoms with van der Waals surface area (Å²) < 4.78 is 1.76. The largest absolute Gasteiger partial charge is 0.382 e. The van der Waals surface area contributed by atoms with Gasteiger partial charge in [0.2, 0.25) is 0 Å². The van der Waals surface area contributed by atoms with Crippen LogP contribution in [0, 0.1) is 6.92 Å². The van der Waals surface area contributed by atoms with Gasteiger partial charge < -0.3 is 5.32 Å². The molecule has 0 fully saturated rings. The summed E-state index contributed by atoms with van der Waals surface area (Å²) in [7, 11) is 0. The fourth-order valence-corrected chi connectivity index (χ4v) is 6.11. The van der Waals surface area contributed by atoms with Gasteiger partial charge in [0, 0.05) is 23.0 Å². The minimum atomic E-state index is 0.0793. The maximum Gasteiger partial charge on any atom is 0.262 e. The second-order valence-electron chi connectivity index (χ2n) is 8.99. The zero-order valence-corrected chi connectivity index (χ0v) is 19.4. The van der Waals surface area contributed by atoms with Gasteiger partial charge >= 0.3 is 0 Å². The van der Waals surface area contributed by atoms with E-state index in [0.29, 0.717) is 12.6 Å². The lowest BCUT2D eigenvalue weighted by Crippen LogP contribution is -2.27. The molecule has 0 radical (unpaired) electrons. The van der Waals surface area contributed by atoms with E-state index in [4.69, 9.17) is 0 Å². The van der Waals surface area contributed by atoms with Gasteiger partial charge in [-0.25, -0.2) is 4.98 Å². The van der Waals surface area contributed by atoms with Crippen LogP contribution < -0.4 is 10.9 Å². The Bertz CT molecular complexity index is 1530. The highest BCUT2D eigenvalue weighted by atomic mass is 32.1. The molecule has 164 valence electrons. The first-order valence-corrected chi connectivity index (χ1v) is 12.3. The molecule has 0 amide bonds. The Morgan fingerprint density at radius 2 is 1.88 bits per heavy atom. The van der Waals surface area contributed by atoms with Crippen molar-refractivity contribution in [2.24, 2.45) is 0 Å². The van der Waals surface area contributed by atoms with Crippen LogP contribution in [-0.4, -0.2) is 15.6 Å². The monoisotopic (exact) mass is 451 g/mol. The van der Waals surface area contributed by atoms with E-state index in [-0.39, 0.29) is 5.56 Å². The van der Waals surface area contributed by atoms with Gasteiger partial charge in [-0.3, -0.25) is 9.36 Å². The number of aromatic nitrogens is 2. The normalized spacial score (nSPS) is 15.6. The van der Waals surface area contributed by atoms with Gasteiger partial charge in [-0.15, -0.1) is 11.3 Å². The number of hydrogen-bond acceptors (Lipinski definition) is 4. The maximum atomic E-state index is 13.4. The number of fused-ring (bicyclic) bond motifs is 4. The molecule has 1 unspecified atom stereocenters. The number of anilines is 1. The number of nitrogens with one attached hydrogen (secondary N) is 1. The van der Waals surface area contributed by atoms with Gasteiger partial charge in [0.05, 0.1) is 18.3 Å². The fraction of sp³-hybridized carbons (Fsp3) is 0.214. The molecule has 5 aromatic rings. The zero-order valence-electron chi connectivity index (χ0n) is 18.5. The van der Waals surface area contributed by atoms with Crippen LogP contribution in [0.1, 0.15) is 28.0 Å². The van der Waals surface area contributed by atoms with Crippen molar-refractivity contribution >= 4 is 38.0 Å². The van der Waals surface area contributed by atoms with E-state index in [1.807, 2.05) is 12.1 Å². The van der Waals surface area contributed by atoms with Crippen molar-refractivity contribution in [1.29, 1.82) is 0 Å². The lowest BCUT2D eigenvalue weighted by atomic mass is 9.93. The van der Waals surface area contributed by atoms with Crippen molar-refractivity contribution < 1.29 is 0 Å². The van der Waals surface area contributed by atoms with E-state index in [2.05, 4.69) is 71.8 Å². The smallest absolute Gasteiger partial charge is 0.262 e. The summed E-state index contributed by atoms with van der Waals surface area (Å²) in [5.41, 5.74) is 4.83. The van der Waals surface area contributed by atoms with Gasteiger partial charge in [-0.1, -0.05) is 54.1 Å². The van der Waals surface area contributed by atoms with Crippen molar-refractivity contribution in [3.05, 3.63) is 105 Å². The van der Waals surface area contributed by atoms with Crippen molar-refractivity contribution in [3.8, 4) is 0 Å². The minimum absolute atomic E-state index is 0.0793. The number of hydrogen-bond donors (Lipinski definition) is 1. The highest BCUT2D eigenvalue weighted by molar-refractivity contribution is 7.18. The molecular weight excluding hydrogens is 426 g/mol. The third kappa shape index (κ3) is 3.83. The van der Waals surface area contributed by atoms with E-state index in [1.54, 1.807) is 22.2 Å². The predicted octanol–water partition coefficient (Wildman–Crippen LogP) is 5.94. The molecule has 4 nitrogen and oxygen atoms in total. The number of aryl methyl sites for hydroxylation is 2. The fourth-order valence-electron chi connectivity index (χ4n) is 4.86. The Balaban J connectivity index is 1.28. The van der Waals surface area contributed by atoms with Gasteiger partial charge in [-0.2, -0.15) is 0 Å². The Morgan fingerprint density at radius 1 is 1.06 bits per heavy atom. The second-order valence-corrected chi connectivity index (χ2v) is 10.1. The van der Waals surface area contributed by atoms with E-state index in [9.17, 15) is 4.79 Å². The minimum Gasteiger partial charge on any atom is -0.382 e. The maximum absolute atomic E-state index is 13.4. The first-order valence-electron chi connectivity index (χ1n) is 11.4. The van der Waals surface area contributed by atoms with Crippen LogP contribution in [0.2, 0.25) is 0 Å². The van der Waals surface area contributed by atoms with Crippen LogP contribution in [0.25, 0.3) is 21.0 Å². The van der Waals surface area contributed by atoms with Crippen LogP contribution in [0.15, 0.2) is 77.9 Å². The average Bonchev–Trinajstić information content (AvgIpc) is 3.21. The molecule has 1 atom stereocenters. The summed E-state index contributed by atoms with van der Waals surface area (Å²) in [5.74, 6) is 0. The number of nitrogens with zero attached hydrogens (tertiary/aromatic N) is 2. The molecule has 0 aliphatic heterocycles. The molecule has 1 N–H and O–H groups in total. The third-order valence-corrected chi connectivity index (χ3v) is 7.79. The van der Waals surface area contributed by atoms with Crippen LogP contribution in [-0.2, 0) is 19.4 Å². The Morgan fingerprint density at radius 3 is 2.73 bits per heavy atom. The molecular formula is C28H25N3OS. The SMILES string of the molecule is Cc1ccc(NC2CCc3c(sc4ncn(Cc5ccc6ccccc6c5)c(=O)c34)C2)cc1. The van der Waals surface area contributed by atoms with Crippen molar-refractivity contribution in [3.63, 3.8) is 0 Å². The molecule has 3 aromatic carbocycles. The summed E-state index contributed by atoms with van der Waals surface area (Å²) in [4.78, 5) is 20.3. The van der Waals surface area contributed by atoms with Gasteiger partial charge in [0.1, 0.15) is 4.83 Å². The molecule has 0 bridgehead atoms. The number of benzene rings is 3. The van der Waals surface area contributed by atoms with Crippen LogP contribution >= 0.6 is 11.3 Å². The first kappa shape index (κ1) is 20.2. The molecule has 2 heterocycles. The number of thiophene rings is 1. The molecule has 2 aromatic heterocycles. The molecule has 0 saturated carbocycles. The predicted molar refractivity (Wildman–Crippen MR) is 138 cm³/mol. The Labute approximate surface area is 196 Å². The van der Waals surface area contributed by atoms with Gasteiger partial charge in [0.25, 0.3) is 5.56 Å². The quantitative estimate of drug-likeness (QED) is 0.368. The average molecular weight is 452 g/mol. The van der Waals surface area contributed by atoms with E-state index >= 15 is 0 Å². The van der Waals surface area contributed by atoms with Gasteiger partial charge in [-0.05, 0) is 59.9 Å². The number of rotatable bonds is 4. The molecule has 0 spiro atoms. The molecule has 0 saturated heterocycles. The highest BCUT2D eigenvalue weighted by Gasteiger charge is 2.25. The van der Waals surface area contributed by atoms with Crippen molar-refractivity contribution in [2.75, 3.05) is 5.32 Å². The molecule has 33 heavy (non-hydrogen) atoms. The van der Waals surface area contributed by atoms with E-state index in [1.165, 1.54) is 26.8 Å². The van der Waals surface area contributed by atoms with Gasteiger partial charge in [0.15, 0.2) is 0 Å². The Hall–Kier alpha value is -3.44. The van der Waals surface area contributed by atoms with Crippen LogP contribution in [0.5, 0.6) is 0 Å². The second kappa shape index (κ2) is 8.16. The third-order valence-electron chi connectivity index (χ3n) is 6.62. The van der Waals surface area contributed by atoms with Crippen LogP contribution in [0.3, 0.4) is 0 Å². The lowest BCUT2D eigenvalue weighted by Gasteiger charge is -2.24. The molecule has 5 heteroatoms. The van der Waals surface area contributed by atoms with Crippen LogP contribution in [0.4, 0.5) is 5.69 Å². The molecule has 1 aliphatic rings. The molecule has 6 rings (SSSR count). The highest BCUT2D eigenvalue weighted by Crippen LogP contribution is 2.34. The van der Waals surface area contributed by atoms with Crippen molar-refractivity contribution in [1.82, 2.24) is 9.55 Å². The van der Waals surface area contributed by atoms with E-state index < -0.39 is 0 Å². The summed E-state index contributed by atoms with van der Waals surface area (Å²) >= 11 is 1.68. The van der Waals surface area contributed by atoms with E-state index in [0.717, 1.165) is 40.7 Å². The summed E-state index contributed by atoms with van der Waals surface area (Å²) in [6, 6.07) is 23.6. The zero-order chi connectivity index (χ0) is 22.4. The molecule has 1 aliphatic carbocycles. The summed E-state index contributed by atoms with van der Waals surface area (Å²) in [5, 5.41) is 6.90. The topological polar surface area (TPSA) is 46.9 Å². The standard InChI is InChI=1S/C28H25N3OS/c1-18-6-10-22(11-7-18)30-23-12-13-24-25(15-23)33-27-26(24)28(32)31(17-29-27)16-19-8-9-20-4-2-3-5-21(20)14-19/h2-11,14,17,23,30H,12-13,15-16H2,1H3. The first-order chi connectivity index (χ1) is 16.1. The Kier molecular flexibility index (Phi) is 4.99. The lowest BCUT2D eigenvalue weighted by molar-refractivity contribution is 0.621. The van der Waals surface area contributed by atoms with Crippen molar-refractivity contribution in [2.45, 2.75) is 38.8 Å². The summed E-state index contributed by atoms with van der Waals surface area (Å²) in [6.45, 7) is 2.64. The summed E-state index contributed by atoms with van der Waals surface area (Å²) in [6.07, 6.45) is 4.58.